The first kappa shape index (κ1) is 15.5. The van der Waals surface area contributed by atoms with Crippen LogP contribution in [0, 0.1) is 11.8 Å². The molecule has 1 aliphatic heterocycles. The van der Waals surface area contributed by atoms with Gasteiger partial charge in [0.25, 0.3) is 0 Å². The predicted octanol–water partition coefficient (Wildman–Crippen LogP) is 1.15. The van der Waals surface area contributed by atoms with Crippen molar-refractivity contribution < 1.29 is 19.5 Å². The number of hydrogen-bond donors (Lipinski definition) is 2. The first-order chi connectivity index (χ1) is 11.1. The molecule has 6 nitrogen and oxygen atoms in total. The van der Waals surface area contributed by atoms with Gasteiger partial charge in [-0.05, 0) is 24.0 Å². The van der Waals surface area contributed by atoms with E-state index in [1.165, 1.54) is 0 Å². The van der Waals surface area contributed by atoms with Gasteiger partial charge in [-0.25, -0.2) is 0 Å². The standard InChI is InChI=1S/C17H20N2O4/c20-15-6-3-7-19(15)10-12-5-2-1-4-11(12)9-18-16(21)13-8-14(13)17(22)23/h1-2,4-5,13-14H,3,6-10H2,(H,18,21)(H,22,23). The summed E-state index contributed by atoms with van der Waals surface area (Å²) in [6.45, 7) is 1.70. The number of hydrogen-bond acceptors (Lipinski definition) is 3. The molecular formula is C17H20N2O4. The van der Waals surface area contributed by atoms with Gasteiger partial charge in [-0.3, -0.25) is 14.4 Å². The number of nitrogens with zero attached hydrogens (tertiary/aromatic N) is 1. The lowest BCUT2D eigenvalue weighted by atomic mass is 10.1. The van der Waals surface area contributed by atoms with E-state index >= 15 is 0 Å². The molecule has 2 fully saturated rings. The Hall–Kier alpha value is -2.37. The summed E-state index contributed by atoms with van der Waals surface area (Å²) in [6.07, 6.45) is 1.93. The topological polar surface area (TPSA) is 86.7 Å². The summed E-state index contributed by atoms with van der Waals surface area (Å²) in [6, 6.07) is 7.71. The molecule has 1 heterocycles. The van der Waals surface area contributed by atoms with Crippen molar-refractivity contribution in [1.82, 2.24) is 10.2 Å². The molecule has 1 aromatic rings. The highest BCUT2D eigenvalue weighted by Crippen LogP contribution is 2.38. The van der Waals surface area contributed by atoms with E-state index in [-0.39, 0.29) is 11.8 Å². The van der Waals surface area contributed by atoms with E-state index in [4.69, 9.17) is 5.11 Å². The van der Waals surface area contributed by atoms with Gasteiger partial charge in [0.2, 0.25) is 11.8 Å². The van der Waals surface area contributed by atoms with Crippen LogP contribution in [0.5, 0.6) is 0 Å². The monoisotopic (exact) mass is 316 g/mol. The lowest BCUT2D eigenvalue weighted by molar-refractivity contribution is -0.140. The van der Waals surface area contributed by atoms with E-state index < -0.39 is 17.8 Å². The Labute approximate surface area is 134 Å². The second-order valence-electron chi connectivity index (χ2n) is 6.19. The Bertz CT molecular complexity index is 643. The maximum atomic E-state index is 12.0. The van der Waals surface area contributed by atoms with Crippen LogP contribution >= 0.6 is 0 Å². The highest BCUT2D eigenvalue weighted by molar-refractivity contribution is 5.89. The maximum absolute atomic E-state index is 12.0. The van der Waals surface area contributed by atoms with E-state index in [2.05, 4.69) is 5.32 Å². The van der Waals surface area contributed by atoms with Gasteiger partial charge in [-0.15, -0.1) is 0 Å². The third kappa shape index (κ3) is 3.52. The molecule has 3 rings (SSSR count). The Morgan fingerprint density at radius 3 is 2.57 bits per heavy atom. The molecule has 2 N–H and O–H groups in total. The van der Waals surface area contributed by atoms with E-state index in [0.717, 1.165) is 24.1 Å². The largest absolute Gasteiger partial charge is 0.481 e. The quantitative estimate of drug-likeness (QED) is 0.824. The third-order valence-electron chi connectivity index (χ3n) is 4.55. The predicted molar refractivity (Wildman–Crippen MR) is 82.2 cm³/mol. The number of benzene rings is 1. The molecule has 6 heteroatoms. The summed E-state index contributed by atoms with van der Waals surface area (Å²) in [5.74, 6) is -1.87. The minimum atomic E-state index is -0.905. The van der Waals surface area contributed by atoms with Crippen molar-refractivity contribution >= 4 is 17.8 Å². The highest BCUT2D eigenvalue weighted by Gasteiger charge is 2.48. The van der Waals surface area contributed by atoms with Gasteiger partial charge >= 0.3 is 5.97 Å². The summed E-state index contributed by atoms with van der Waals surface area (Å²) < 4.78 is 0. The van der Waals surface area contributed by atoms with E-state index in [9.17, 15) is 14.4 Å². The van der Waals surface area contributed by atoms with Gasteiger partial charge < -0.3 is 15.3 Å². The molecule has 122 valence electrons. The molecule has 0 aromatic heterocycles. The zero-order valence-corrected chi connectivity index (χ0v) is 12.8. The summed E-state index contributed by atoms with van der Waals surface area (Å²) >= 11 is 0. The third-order valence-corrected chi connectivity index (χ3v) is 4.55. The number of nitrogens with one attached hydrogen (secondary N) is 1. The first-order valence-corrected chi connectivity index (χ1v) is 7.91. The van der Waals surface area contributed by atoms with Crippen molar-refractivity contribution in [3.8, 4) is 0 Å². The van der Waals surface area contributed by atoms with Crippen molar-refractivity contribution in [2.24, 2.45) is 11.8 Å². The van der Waals surface area contributed by atoms with Crippen LogP contribution in [0.15, 0.2) is 24.3 Å². The van der Waals surface area contributed by atoms with E-state index in [1.807, 2.05) is 29.2 Å². The number of carboxylic acids is 1. The number of rotatable bonds is 6. The fraction of sp³-hybridized carbons (Fsp3) is 0.471. The SMILES string of the molecule is O=C(O)C1CC1C(=O)NCc1ccccc1CN1CCCC1=O. The number of carboxylic acid groups (broad SMARTS) is 1. The molecule has 2 amide bonds. The molecule has 0 spiro atoms. The molecule has 1 saturated heterocycles. The van der Waals surface area contributed by atoms with Crippen molar-refractivity contribution in [3.63, 3.8) is 0 Å². The first-order valence-electron chi connectivity index (χ1n) is 7.91. The normalized spacial score (nSPS) is 23.0. The summed E-state index contributed by atoms with van der Waals surface area (Å²) in [7, 11) is 0. The Morgan fingerprint density at radius 2 is 1.96 bits per heavy atom. The zero-order valence-electron chi connectivity index (χ0n) is 12.8. The van der Waals surface area contributed by atoms with Crippen LogP contribution < -0.4 is 5.32 Å². The molecule has 2 unspecified atom stereocenters. The van der Waals surface area contributed by atoms with Gasteiger partial charge in [0, 0.05) is 26.1 Å². The van der Waals surface area contributed by atoms with Crippen LogP contribution in [0.4, 0.5) is 0 Å². The minimum Gasteiger partial charge on any atom is -0.481 e. The number of carbonyl (C=O) groups is 3. The number of carbonyl (C=O) groups excluding carboxylic acids is 2. The molecule has 23 heavy (non-hydrogen) atoms. The van der Waals surface area contributed by atoms with Crippen LogP contribution in [-0.2, 0) is 27.5 Å². The summed E-state index contributed by atoms with van der Waals surface area (Å²) in [5, 5.41) is 11.7. The molecule has 2 aliphatic rings. The Kier molecular flexibility index (Phi) is 4.32. The van der Waals surface area contributed by atoms with Gasteiger partial charge in [-0.2, -0.15) is 0 Å². The molecule has 1 saturated carbocycles. The highest BCUT2D eigenvalue weighted by atomic mass is 16.4. The lowest BCUT2D eigenvalue weighted by Gasteiger charge is -2.18. The van der Waals surface area contributed by atoms with Crippen LogP contribution in [-0.4, -0.2) is 34.3 Å². The average molecular weight is 316 g/mol. The second kappa shape index (κ2) is 6.40. The Balaban J connectivity index is 1.59. The van der Waals surface area contributed by atoms with Crippen LogP contribution in [0.2, 0.25) is 0 Å². The molecular weight excluding hydrogens is 296 g/mol. The van der Waals surface area contributed by atoms with Crippen LogP contribution in [0.3, 0.4) is 0 Å². The summed E-state index contributed by atoms with van der Waals surface area (Å²) in [4.78, 5) is 36.4. The Morgan fingerprint density at radius 1 is 1.22 bits per heavy atom. The van der Waals surface area contributed by atoms with Crippen molar-refractivity contribution in [2.75, 3.05) is 6.54 Å². The fourth-order valence-corrected chi connectivity index (χ4v) is 3.03. The van der Waals surface area contributed by atoms with Crippen molar-refractivity contribution in [1.29, 1.82) is 0 Å². The van der Waals surface area contributed by atoms with Gasteiger partial charge in [-0.1, -0.05) is 24.3 Å². The van der Waals surface area contributed by atoms with Gasteiger partial charge in [0.15, 0.2) is 0 Å². The van der Waals surface area contributed by atoms with Crippen molar-refractivity contribution in [3.05, 3.63) is 35.4 Å². The van der Waals surface area contributed by atoms with E-state index in [1.54, 1.807) is 0 Å². The molecule has 0 bridgehead atoms. The fourth-order valence-electron chi connectivity index (χ4n) is 3.03. The van der Waals surface area contributed by atoms with Gasteiger partial charge in [0.05, 0.1) is 11.8 Å². The van der Waals surface area contributed by atoms with Gasteiger partial charge in [0.1, 0.15) is 0 Å². The minimum absolute atomic E-state index is 0.172. The number of amides is 2. The van der Waals surface area contributed by atoms with Crippen LogP contribution in [0.1, 0.15) is 30.4 Å². The van der Waals surface area contributed by atoms with E-state index in [0.29, 0.717) is 25.9 Å². The number of likely N-dealkylation sites (tertiary alicyclic amines) is 1. The second-order valence-corrected chi connectivity index (χ2v) is 6.19. The van der Waals surface area contributed by atoms with Crippen molar-refractivity contribution in [2.45, 2.75) is 32.4 Å². The smallest absolute Gasteiger partial charge is 0.307 e. The van der Waals surface area contributed by atoms with Crippen LogP contribution in [0.25, 0.3) is 0 Å². The molecule has 0 radical (unpaired) electrons. The average Bonchev–Trinajstić information content (AvgIpc) is 3.25. The molecule has 2 atom stereocenters. The molecule has 1 aromatic carbocycles. The maximum Gasteiger partial charge on any atom is 0.307 e. The number of aliphatic carboxylic acids is 1. The zero-order chi connectivity index (χ0) is 16.4. The summed E-state index contributed by atoms with van der Waals surface area (Å²) in [5.41, 5.74) is 1.99. The molecule has 1 aliphatic carbocycles. The lowest BCUT2D eigenvalue weighted by Crippen LogP contribution is -2.28.